The zero-order chi connectivity index (χ0) is 13.1. The molecule has 1 unspecified atom stereocenters. The molecule has 0 radical (unpaired) electrons. The number of para-hydroxylation sites is 1. The molecule has 1 heterocycles. The summed E-state index contributed by atoms with van der Waals surface area (Å²) < 4.78 is 2.68. The highest BCUT2D eigenvalue weighted by atomic mass is 79.9. The average molecular weight is 411 g/mol. The fourth-order valence-corrected chi connectivity index (χ4v) is 3.75. The Hall–Kier alpha value is -0.0700. The van der Waals surface area contributed by atoms with Crippen LogP contribution in [0.1, 0.15) is 10.9 Å². The first-order chi connectivity index (χ1) is 8.61. The summed E-state index contributed by atoms with van der Waals surface area (Å²) in [7, 11) is 0. The van der Waals surface area contributed by atoms with E-state index in [1.807, 2.05) is 30.3 Å². The van der Waals surface area contributed by atoms with Gasteiger partial charge in [0.05, 0.1) is 6.04 Å². The Labute approximate surface area is 132 Å². The third kappa shape index (κ3) is 3.27. The van der Waals surface area contributed by atoms with Crippen LogP contribution in [0.4, 0.5) is 5.69 Å². The fraction of sp³-hybridized carbons (Fsp3) is 0.167. The molecule has 18 heavy (non-hydrogen) atoms. The predicted molar refractivity (Wildman–Crippen MR) is 86.6 cm³/mol. The summed E-state index contributed by atoms with van der Waals surface area (Å²) in [4.78, 5) is 1.12. The van der Waals surface area contributed by atoms with Crippen LogP contribution in [-0.2, 0) is 0 Å². The molecule has 1 aromatic heterocycles. The van der Waals surface area contributed by atoms with Gasteiger partial charge in [0.1, 0.15) is 4.34 Å². The maximum absolute atomic E-state index is 6.06. The highest BCUT2D eigenvalue weighted by molar-refractivity contribution is 9.11. The van der Waals surface area contributed by atoms with Crippen molar-refractivity contribution in [2.45, 2.75) is 6.04 Å². The summed E-state index contributed by atoms with van der Waals surface area (Å²) >= 11 is 14.5. The van der Waals surface area contributed by atoms with Gasteiger partial charge < -0.3 is 11.1 Å². The van der Waals surface area contributed by atoms with Crippen molar-refractivity contribution >= 4 is 60.5 Å². The molecule has 0 aliphatic carbocycles. The van der Waals surface area contributed by atoms with Gasteiger partial charge in [-0.05, 0) is 50.1 Å². The molecule has 2 rings (SSSR count). The van der Waals surface area contributed by atoms with Crippen molar-refractivity contribution in [2.24, 2.45) is 5.73 Å². The molecule has 6 heteroatoms. The van der Waals surface area contributed by atoms with Gasteiger partial charge >= 0.3 is 0 Å². The van der Waals surface area contributed by atoms with Crippen molar-refractivity contribution < 1.29 is 0 Å². The molecule has 0 bridgehead atoms. The van der Waals surface area contributed by atoms with Gasteiger partial charge in [-0.3, -0.25) is 0 Å². The van der Waals surface area contributed by atoms with E-state index in [0.29, 0.717) is 6.54 Å². The number of hydrogen-bond donors (Lipinski definition) is 2. The molecule has 1 atom stereocenters. The van der Waals surface area contributed by atoms with Crippen LogP contribution in [0.25, 0.3) is 0 Å². The lowest BCUT2D eigenvalue weighted by Gasteiger charge is -2.17. The quantitative estimate of drug-likeness (QED) is 0.741. The van der Waals surface area contributed by atoms with Crippen LogP contribution in [-0.4, -0.2) is 6.54 Å². The van der Waals surface area contributed by atoms with Crippen molar-refractivity contribution in [2.75, 3.05) is 11.9 Å². The summed E-state index contributed by atoms with van der Waals surface area (Å²) in [6.07, 6.45) is 0. The van der Waals surface area contributed by atoms with E-state index < -0.39 is 0 Å². The van der Waals surface area contributed by atoms with Crippen molar-refractivity contribution in [3.05, 3.63) is 48.5 Å². The lowest BCUT2D eigenvalue weighted by Crippen LogP contribution is -2.19. The minimum absolute atomic E-state index is 0.0532. The number of anilines is 1. The van der Waals surface area contributed by atoms with Crippen molar-refractivity contribution in [3.63, 3.8) is 0 Å². The first-order valence-corrected chi connectivity index (χ1v) is 8.05. The Morgan fingerprint density at radius 3 is 2.56 bits per heavy atom. The molecule has 0 aliphatic heterocycles. The molecule has 96 valence electrons. The maximum atomic E-state index is 6.06. The zero-order valence-corrected chi connectivity index (χ0v) is 14.0. The van der Waals surface area contributed by atoms with E-state index in [1.165, 1.54) is 11.3 Å². The van der Waals surface area contributed by atoms with Gasteiger partial charge in [-0.1, -0.05) is 23.7 Å². The van der Waals surface area contributed by atoms with Crippen LogP contribution in [0.3, 0.4) is 0 Å². The Kier molecular flexibility index (Phi) is 5.09. The molecular formula is C12H11Br2ClN2S. The van der Waals surface area contributed by atoms with Crippen LogP contribution in [0, 0.1) is 0 Å². The van der Waals surface area contributed by atoms with Crippen LogP contribution in [0.15, 0.2) is 39.3 Å². The maximum Gasteiger partial charge on any atom is 0.107 e. The predicted octanol–water partition coefficient (Wildman–Crippen LogP) is 5.04. The van der Waals surface area contributed by atoms with Crippen LogP contribution < -0.4 is 11.1 Å². The number of benzene rings is 1. The van der Waals surface area contributed by atoms with Gasteiger partial charge in [0.15, 0.2) is 0 Å². The van der Waals surface area contributed by atoms with Crippen molar-refractivity contribution in [1.82, 2.24) is 0 Å². The molecule has 2 nitrogen and oxygen atoms in total. The van der Waals surface area contributed by atoms with E-state index in [0.717, 1.165) is 23.8 Å². The number of hydrogen-bond acceptors (Lipinski definition) is 3. The molecule has 2 aromatic rings. The van der Waals surface area contributed by atoms with E-state index in [4.69, 9.17) is 17.3 Å². The van der Waals surface area contributed by atoms with Gasteiger partial charge in [0, 0.05) is 26.1 Å². The summed E-state index contributed by atoms with van der Waals surface area (Å²) in [5.41, 5.74) is 6.85. The summed E-state index contributed by atoms with van der Waals surface area (Å²) in [6.45, 7) is 0.505. The molecule has 0 aliphatic rings. The second-order valence-corrected chi connectivity index (χ2v) is 7.08. The zero-order valence-electron chi connectivity index (χ0n) is 9.29. The van der Waals surface area contributed by atoms with E-state index in [-0.39, 0.29) is 6.04 Å². The average Bonchev–Trinajstić information content (AvgIpc) is 2.68. The standard InChI is InChI=1S/C12H11Br2ClN2S/c13-7-3-1-2-4-9(7)17-10(6-16)11-5-8(14)12(15)18-11/h1-5,10,17H,6,16H2. The smallest absolute Gasteiger partial charge is 0.107 e. The molecule has 0 saturated carbocycles. The molecular weight excluding hydrogens is 399 g/mol. The fourth-order valence-electron chi connectivity index (χ4n) is 1.55. The van der Waals surface area contributed by atoms with Crippen molar-refractivity contribution in [1.29, 1.82) is 0 Å². The number of nitrogens with one attached hydrogen (secondary N) is 1. The molecule has 0 spiro atoms. The number of thiophene rings is 1. The number of halogens is 3. The summed E-state index contributed by atoms with van der Waals surface area (Å²) in [5, 5.41) is 3.41. The second-order valence-electron chi connectivity index (χ2n) is 3.68. The van der Waals surface area contributed by atoms with E-state index in [9.17, 15) is 0 Å². The van der Waals surface area contributed by atoms with Gasteiger partial charge in [-0.25, -0.2) is 0 Å². The third-order valence-corrected chi connectivity index (χ3v) is 5.73. The Morgan fingerprint density at radius 2 is 2.00 bits per heavy atom. The Morgan fingerprint density at radius 1 is 1.28 bits per heavy atom. The normalized spacial score (nSPS) is 12.4. The van der Waals surface area contributed by atoms with E-state index in [1.54, 1.807) is 0 Å². The Balaban J connectivity index is 2.22. The van der Waals surface area contributed by atoms with Crippen LogP contribution in [0.5, 0.6) is 0 Å². The lowest BCUT2D eigenvalue weighted by molar-refractivity contribution is 0.805. The van der Waals surface area contributed by atoms with Crippen molar-refractivity contribution in [3.8, 4) is 0 Å². The lowest BCUT2D eigenvalue weighted by atomic mass is 10.2. The minimum Gasteiger partial charge on any atom is -0.375 e. The van der Waals surface area contributed by atoms with Gasteiger partial charge in [0.2, 0.25) is 0 Å². The SMILES string of the molecule is NCC(Nc1ccccc1Br)c1cc(Br)c(Cl)s1. The summed E-state index contributed by atoms with van der Waals surface area (Å²) in [5.74, 6) is 0. The number of rotatable bonds is 4. The third-order valence-electron chi connectivity index (χ3n) is 2.45. The Bertz CT molecular complexity index is 525. The topological polar surface area (TPSA) is 38.0 Å². The molecule has 0 amide bonds. The minimum atomic E-state index is 0.0532. The van der Waals surface area contributed by atoms with Gasteiger partial charge in [-0.15, -0.1) is 11.3 Å². The molecule has 0 saturated heterocycles. The first-order valence-electron chi connectivity index (χ1n) is 5.27. The molecule has 0 fully saturated rings. The summed E-state index contributed by atoms with van der Waals surface area (Å²) in [6, 6.07) is 10.0. The molecule has 3 N–H and O–H groups in total. The first kappa shape index (κ1) is 14.3. The van der Waals surface area contributed by atoms with Crippen LogP contribution in [0.2, 0.25) is 4.34 Å². The number of nitrogens with two attached hydrogens (primary N) is 1. The van der Waals surface area contributed by atoms with Crippen LogP contribution >= 0.6 is 54.8 Å². The van der Waals surface area contributed by atoms with Gasteiger partial charge in [-0.2, -0.15) is 0 Å². The highest BCUT2D eigenvalue weighted by Crippen LogP contribution is 2.36. The van der Waals surface area contributed by atoms with E-state index >= 15 is 0 Å². The monoisotopic (exact) mass is 408 g/mol. The second kappa shape index (κ2) is 6.39. The molecule has 1 aromatic carbocycles. The highest BCUT2D eigenvalue weighted by Gasteiger charge is 2.15. The van der Waals surface area contributed by atoms with E-state index in [2.05, 4.69) is 37.2 Å². The largest absolute Gasteiger partial charge is 0.375 e. The van der Waals surface area contributed by atoms with Gasteiger partial charge in [0.25, 0.3) is 0 Å².